The van der Waals surface area contributed by atoms with Gasteiger partial charge in [0.15, 0.2) is 0 Å². The maximum absolute atomic E-state index is 6.22. The lowest BCUT2D eigenvalue weighted by Gasteiger charge is -2.38. The lowest BCUT2D eigenvalue weighted by atomic mass is 9.81. The molecule has 31 heavy (non-hydrogen) atoms. The second kappa shape index (κ2) is 9.47. The number of nitrogens with zero attached hydrogens (tertiary/aromatic N) is 2. The van der Waals surface area contributed by atoms with E-state index >= 15 is 0 Å². The molecule has 0 aliphatic carbocycles. The predicted molar refractivity (Wildman–Crippen MR) is 127 cm³/mol. The summed E-state index contributed by atoms with van der Waals surface area (Å²) >= 11 is 0. The molecule has 2 saturated heterocycles. The Morgan fingerprint density at radius 2 is 1.87 bits per heavy atom. The van der Waals surface area contributed by atoms with Gasteiger partial charge in [-0.25, -0.2) is 0 Å². The molecular formula is C28H34N2O. The molecule has 0 amide bonds. The van der Waals surface area contributed by atoms with Crippen molar-refractivity contribution >= 4 is 0 Å². The standard InChI is InChI=1S/C28H34N2O/c1-2-22-9-6-10-23(19-22)27-21-30-17-7-11-28(30)26-20-24(12-13-25(26)27)31-18-8-16-29-14-4-3-5-15-29/h1,6,9-10,12-13,19-20,27-28H,3-5,7-8,11,14-18,21H2/t27-,28+/m0/s1. The van der Waals surface area contributed by atoms with Gasteiger partial charge in [-0.05, 0) is 92.7 Å². The molecule has 3 heterocycles. The summed E-state index contributed by atoms with van der Waals surface area (Å²) in [7, 11) is 0. The quantitative estimate of drug-likeness (QED) is 0.477. The third-order valence-corrected chi connectivity index (χ3v) is 7.37. The second-order valence-corrected chi connectivity index (χ2v) is 9.37. The number of terminal acetylenes is 1. The Labute approximate surface area is 187 Å². The van der Waals surface area contributed by atoms with E-state index in [4.69, 9.17) is 11.2 Å². The van der Waals surface area contributed by atoms with Gasteiger partial charge in [0.1, 0.15) is 5.75 Å². The molecule has 5 rings (SSSR count). The Morgan fingerprint density at radius 1 is 0.968 bits per heavy atom. The molecule has 3 aliphatic heterocycles. The third-order valence-electron chi connectivity index (χ3n) is 7.37. The van der Waals surface area contributed by atoms with Gasteiger partial charge in [-0.15, -0.1) is 6.42 Å². The molecule has 0 unspecified atom stereocenters. The topological polar surface area (TPSA) is 15.7 Å². The zero-order chi connectivity index (χ0) is 21.0. The van der Waals surface area contributed by atoms with Crippen LogP contribution in [0, 0.1) is 12.3 Å². The molecule has 0 N–H and O–H groups in total. The van der Waals surface area contributed by atoms with E-state index < -0.39 is 0 Å². The van der Waals surface area contributed by atoms with Crippen LogP contribution in [-0.2, 0) is 0 Å². The van der Waals surface area contributed by atoms with Crippen LogP contribution in [0.3, 0.4) is 0 Å². The number of likely N-dealkylation sites (tertiary alicyclic amines) is 1. The summed E-state index contributed by atoms with van der Waals surface area (Å²) in [6, 6.07) is 15.9. The van der Waals surface area contributed by atoms with Gasteiger partial charge in [-0.3, -0.25) is 4.90 Å². The van der Waals surface area contributed by atoms with Crippen LogP contribution in [0.5, 0.6) is 5.75 Å². The molecule has 162 valence electrons. The average molecular weight is 415 g/mol. The second-order valence-electron chi connectivity index (χ2n) is 9.37. The largest absolute Gasteiger partial charge is 0.494 e. The lowest BCUT2D eigenvalue weighted by Crippen LogP contribution is -2.34. The summed E-state index contributed by atoms with van der Waals surface area (Å²) in [5.41, 5.74) is 5.22. The first-order chi connectivity index (χ1) is 15.3. The Bertz CT molecular complexity index is 940. The summed E-state index contributed by atoms with van der Waals surface area (Å²) in [4.78, 5) is 5.25. The van der Waals surface area contributed by atoms with Crippen LogP contribution in [0.25, 0.3) is 0 Å². The van der Waals surface area contributed by atoms with E-state index in [-0.39, 0.29) is 0 Å². The summed E-state index contributed by atoms with van der Waals surface area (Å²) in [5.74, 6) is 4.21. The Kier molecular flexibility index (Phi) is 6.30. The van der Waals surface area contributed by atoms with Gasteiger partial charge in [-0.2, -0.15) is 0 Å². The van der Waals surface area contributed by atoms with Gasteiger partial charge in [0.25, 0.3) is 0 Å². The first-order valence-corrected chi connectivity index (χ1v) is 12.1. The minimum absolute atomic E-state index is 0.380. The van der Waals surface area contributed by atoms with Gasteiger partial charge in [0, 0.05) is 30.6 Å². The van der Waals surface area contributed by atoms with Crippen molar-refractivity contribution in [2.45, 2.75) is 50.5 Å². The predicted octanol–water partition coefficient (Wildman–Crippen LogP) is 5.21. The molecule has 0 saturated carbocycles. The molecule has 3 nitrogen and oxygen atoms in total. The highest BCUT2D eigenvalue weighted by Gasteiger charge is 2.36. The van der Waals surface area contributed by atoms with E-state index in [1.165, 1.54) is 68.4 Å². The van der Waals surface area contributed by atoms with E-state index in [2.05, 4.69) is 52.1 Å². The highest BCUT2D eigenvalue weighted by atomic mass is 16.5. The minimum atomic E-state index is 0.380. The van der Waals surface area contributed by atoms with Gasteiger partial charge < -0.3 is 9.64 Å². The van der Waals surface area contributed by atoms with Crippen molar-refractivity contribution < 1.29 is 4.74 Å². The fourth-order valence-corrected chi connectivity index (χ4v) is 5.77. The Balaban J connectivity index is 1.31. The van der Waals surface area contributed by atoms with Crippen molar-refractivity contribution in [3.05, 3.63) is 64.7 Å². The lowest BCUT2D eigenvalue weighted by molar-refractivity contribution is 0.204. The van der Waals surface area contributed by atoms with Crippen molar-refractivity contribution in [2.24, 2.45) is 0 Å². The molecule has 3 heteroatoms. The molecule has 0 bridgehead atoms. The van der Waals surface area contributed by atoms with Crippen molar-refractivity contribution in [1.82, 2.24) is 9.80 Å². The van der Waals surface area contributed by atoms with Gasteiger partial charge in [-0.1, -0.05) is 30.5 Å². The van der Waals surface area contributed by atoms with Crippen LogP contribution in [0.15, 0.2) is 42.5 Å². The molecule has 2 aromatic rings. The molecule has 0 spiro atoms. The Morgan fingerprint density at radius 3 is 2.74 bits per heavy atom. The van der Waals surface area contributed by atoms with Crippen LogP contribution in [0.4, 0.5) is 0 Å². The Hall–Kier alpha value is -2.28. The number of hydrogen-bond acceptors (Lipinski definition) is 3. The number of hydrogen-bond donors (Lipinski definition) is 0. The normalized spacial score (nSPS) is 23.7. The van der Waals surface area contributed by atoms with Crippen molar-refractivity contribution in [1.29, 1.82) is 0 Å². The summed E-state index contributed by atoms with van der Waals surface area (Å²) < 4.78 is 6.22. The van der Waals surface area contributed by atoms with Gasteiger partial charge >= 0.3 is 0 Å². The fourth-order valence-electron chi connectivity index (χ4n) is 5.77. The maximum Gasteiger partial charge on any atom is 0.119 e. The zero-order valence-electron chi connectivity index (χ0n) is 18.6. The van der Waals surface area contributed by atoms with Crippen LogP contribution < -0.4 is 4.74 Å². The highest BCUT2D eigenvalue weighted by molar-refractivity contribution is 5.48. The molecular weight excluding hydrogens is 380 g/mol. The molecule has 0 radical (unpaired) electrons. The number of ether oxygens (including phenoxy) is 1. The summed E-state index contributed by atoms with van der Waals surface area (Å²) in [6.07, 6.45) is 13.4. The SMILES string of the molecule is C#Cc1cccc([C@@H]2CN3CCC[C@@H]3c3cc(OCCCN4CCCCC4)ccc32)c1. The van der Waals surface area contributed by atoms with Crippen LogP contribution in [0.1, 0.15) is 72.7 Å². The van der Waals surface area contributed by atoms with Crippen molar-refractivity contribution in [2.75, 3.05) is 39.3 Å². The smallest absolute Gasteiger partial charge is 0.119 e. The molecule has 3 aliphatic rings. The van der Waals surface area contributed by atoms with Gasteiger partial charge in [0.05, 0.1) is 6.61 Å². The number of benzene rings is 2. The molecule has 2 atom stereocenters. The molecule has 2 fully saturated rings. The van der Waals surface area contributed by atoms with Crippen LogP contribution in [-0.4, -0.2) is 49.1 Å². The number of rotatable bonds is 6. The van der Waals surface area contributed by atoms with Crippen LogP contribution >= 0.6 is 0 Å². The molecule has 2 aromatic carbocycles. The van der Waals surface area contributed by atoms with Crippen molar-refractivity contribution in [3.8, 4) is 18.1 Å². The number of piperidine rings is 1. The monoisotopic (exact) mass is 414 g/mol. The van der Waals surface area contributed by atoms with E-state index in [0.29, 0.717) is 12.0 Å². The van der Waals surface area contributed by atoms with Crippen LogP contribution in [0.2, 0.25) is 0 Å². The van der Waals surface area contributed by atoms with E-state index in [1.807, 2.05) is 6.07 Å². The first kappa shape index (κ1) is 20.6. The van der Waals surface area contributed by atoms with E-state index in [0.717, 1.165) is 37.4 Å². The van der Waals surface area contributed by atoms with E-state index in [1.54, 1.807) is 0 Å². The minimum Gasteiger partial charge on any atom is -0.494 e. The zero-order valence-corrected chi connectivity index (χ0v) is 18.6. The highest BCUT2D eigenvalue weighted by Crippen LogP contribution is 2.45. The fraction of sp³-hybridized carbons (Fsp3) is 0.500. The summed E-state index contributed by atoms with van der Waals surface area (Å²) in [6.45, 7) is 6.77. The average Bonchev–Trinajstić information content (AvgIpc) is 3.31. The number of fused-ring (bicyclic) bond motifs is 3. The maximum atomic E-state index is 6.22. The third kappa shape index (κ3) is 4.52. The summed E-state index contributed by atoms with van der Waals surface area (Å²) in [5, 5.41) is 0. The van der Waals surface area contributed by atoms with Gasteiger partial charge in [0.2, 0.25) is 0 Å². The van der Waals surface area contributed by atoms with E-state index in [9.17, 15) is 0 Å². The first-order valence-electron chi connectivity index (χ1n) is 12.1. The van der Waals surface area contributed by atoms with Crippen molar-refractivity contribution in [3.63, 3.8) is 0 Å². The molecule has 0 aromatic heterocycles.